The van der Waals surface area contributed by atoms with Gasteiger partial charge in [0.2, 0.25) is 0 Å². The van der Waals surface area contributed by atoms with E-state index in [1.54, 1.807) is 18.3 Å². The molecule has 0 fully saturated rings. The van der Waals surface area contributed by atoms with E-state index in [1.807, 2.05) is 12.1 Å². The summed E-state index contributed by atoms with van der Waals surface area (Å²) in [6.07, 6.45) is 3.80. The van der Waals surface area contributed by atoms with Crippen molar-refractivity contribution in [1.82, 2.24) is 5.43 Å². The lowest BCUT2D eigenvalue weighted by Crippen LogP contribution is -2.16. The van der Waals surface area contributed by atoms with Crippen molar-refractivity contribution in [2.75, 3.05) is 0 Å². The van der Waals surface area contributed by atoms with Gasteiger partial charge in [-0.3, -0.25) is 4.79 Å². The average Bonchev–Trinajstić information content (AvgIpc) is 2.88. The summed E-state index contributed by atoms with van der Waals surface area (Å²) in [6, 6.07) is 11.3. The molecule has 1 aromatic heterocycles. The van der Waals surface area contributed by atoms with Crippen LogP contribution in [0.4, 0.5) is 0 Å². The van der Waals surface area contributed by atoms with Gasteiger partial charge in [0.05, 0.1) is 6.21 Å². The van der Waals surface area contributed by atoms with Gasteiger partial charge in [-0.2, -0.15) is 5.10 Å². The minimum Gasteiger partial charge on any atom is -0.444 e. The summed E-state index contributed by atoms with van der Waals surface area (Å²) in [4.78, 5) is 11.6. The Morgan fingerprint density at radius 2 is 2.05 bits per heavy atom. The fourth-order valence-corrected chi connectivity index (χ4v) is 2.02. The summed E-state index contributed by atoms with van der Waals surface area (Å²) in [6.45, 7) is 2.15. The monoisotopic (exact) mass is 334 g/mol. The van der Waals surface area contributed by atoms with Gasteiger partial charge in [-0.15, -0.1) is 0 Å². The Kier molecular flexibility index (Phi) is 5.12. The van der Waals surface area contributed by atoms with Crippen LogP contribution in [-0.4, -0.2) is 12.1 Å². The molecule has 1 aromatic carbocycles. The van der Waals surface area contributed by atoms with E-state index in [9.17, 15) is 4.79 Å². The van der Waals surface area contributed by atoms with E-state index in [0.717, 1.165) is 18.4 Å². The molecule has 2 rings (SSSR count). The molecule has 0 atom stereocenters. The van der Waals surface area contributed by atoms with Crippen LogP contribution < -0.4 is 5.43 Å². The largest absolute Gasteiger partial charge is 0.444 e. The molecule has 1 heterocycles. The molecule has 0 unspecified atom stereocenters. The highest BCUT2D eigenvalue weighted by Gasteiger charge is 2.08. The van der Waals surface area contributed by atoms with Gasteiger partial charge in [0.1, 0.15) is 0 Å². The van der Waals surface area contributed by atoms with Crippen LogP contribution in [0.25, 0.3) is 0 Å². The van der Waals surface area contributed by atoms with Crippen molar-refractivity contribution >= 4 is 28.1 Å². The molecule has 104 valence electrons. The SMILES string of the molecule is CCCc1ccc(C=NNC(=O)c2ccc(Br)o2)cc1. The minimum atomic E-state index is -0.380. The number of amides is 1. The van der Waals surface area contributed by atoms with Gasteiger partial charge in [0.25, 0.3) is 0 Å². The summed E-state index contributed by atoms with van der Waals surface area (Å²) in [5, 5.41) is 3.90. The summed E-state index contributed by atoms with van der Waals surface area (Å²) in [5.74, 6) is -0.165. The van der Waals surface area contributed by atoms with Gasteiger partial charge in [-0.25, -0.2) is 5.43 Å². The number of furan rings is 1. The van der Waals surface area contributed by atoms with Crippen LogP contribution in [0.5, 0.6) is 0 Å². The molecule has 0 aliphatic rings. The van der Waals surface area contributed by atoms with Crippen molar-refractivity contribution < 1.29 is 9.21 Å². The molecule has 0 saturated heterocycles. The van der Waals surface area contributed by atoms with Crippen LogP contribution in [0.3, 0.4) is 0 Å². The summed E-state index contributed by atoms with van der Waals surface area (Å²) >= 11 is 3.14. The molecule has 0 bridgehead atoms. The lowest BCUT2D eigenvalue weighted by Gasteiger charge is -1.99. The quantitative estimate of drug-likeness (QED) is 0.668. The zero-order valence-corrected chi connectivity index (χ0v) is 12.7. The Balaban J connectivity index is 1.91. The lowest BCUT2D eigenvalue weighted by molar-refractivity contribution is 0.0926. The van der Waals surface area contributed by atoms with E-state index in [4.69, 9.17) is 4.42 Å². The van der Waals surface area contributed by atoms with Crippen LogP contribution in [0.2, 0.25) is 0 Å². The lowest BCUT2D eigenvalue weighted by atomic mass is 10.1. The Hall–Kier alpha value is -1.88. The van der Waals surface area contributed by atoms with Crippen molar-refractivity contribution in [2.24, 2.45) is 5.10 Å². The number of hydrazone groups is 1. The van der Waals surface area contributed by atoms with E-state index in [2.05, 4.69) is 45.5 Å². The van der Waals surface area contributed by atoms with Crippen molar-refractivity contribution in [3.05, 3.63) is 58.0 Å². The number of halogens is 1. The third-order valence-corrected chi connectivity index (χ3v) is 3.12. The van der Waals surface area contributed by atoms with Crippen molar-refractivity contribution in [2.45, 2.75) is 19.8 Å². The summed E-state index contributed by atoms with van der Waals surface area (Å²) < 4.78 is 5.63. The van der Waals surface area contributed by atoms with Gasteiger partial charge >= 0.3 is 5.91 Å². The molecule has 1 amide bonds. The first-order valence-electron chi connectivity index (χ1n) is 6.36. The zero-order chi connectivity index (χ0) is 14.4. The highest BCUT2D eigenvalue weighted by Crippen LogP contribution is 2.13. The van der Waals surface area contributed by atoms with Crippen LogP contribution in [0.1, 0.15) is 35.0 Å². The van der Waals surface area contributed by atoms with Crippen molar-refractivity contribution in [1.29, 1.82) is 0 Å². The number of hydrogen-bond donors (Lipinski definition) is 1. The standard InChI is InChI=1S/C15H15BrN2O2/c1-2-3-11-4-6-12(7-5-11)10-17-18-15(19)13-8-9-14(16)20-13/h4-10H,2-3H2,1H3,(H,18,19). The van der Waals surface area contributed by atoms with Crippen LogP contribution in [0.15, 0.2) is 50.6 Å². The van der Waals surface area contributed by atoms with Crippen molar-refractivity contribution in [3.8, 4) is 0 Å². The maximum atomic E-state index is 11.6. The van der Waals surface area contributed by atoms with E-state index in [-0.39, 0.29) is 11.7 Å². The topological polar surface area (TPSA) is 54.6 Å². The average molecular weight is 335 g/mol. The van der Waals surface area contributed by atoms with Gasteiger partial charge in [-0.1, -0.05) is 37.6 Å². The van der Waals surface area contributed by atoms with Gasteiger partial charge in [0.15, 0.2) is 10.4 Å². The smallest absolute Gasteiger partial charge is 0.307 e. The Morgan fingerprint density at radius 3 is 2.65 bits per heavy atom. The van der Waals surface area contributed by atoms with E-state index >= 15 is 0 Å². The second-order valence-corrected chi connectivity index (χ2v) is 5.08. The van der Waals surface area contributed by atoms with Gasteiger partial charge < -0.3 is 4.42 Å². The highest BCUT2D eigenvalue weighted by molar-refractivity contribution is 9.10. The molecule has 5 heteroatoms. The molecular formula is C15H15BrN2O2. The second-order valence-electron chi connectivity index (χ2n) is 4.29. The number of rotatable bonds is 5. The molecule has 2 aromatic rings. The predicted octanol–water partition coefficient (Wildman–Crippen LogP) is 3.76. The Bertz CT molecular complexity index is 603. The summed E-state index contributed by atoms with van der Waals surface area (Å²) in [7, 11) is 0. The number of benzene rings is 1. The van der Waals surface area contributed by atoms with Crippen LogP contribution in [-0.2, 0) is 6.42 Å². The first-order valence-corrected chi connectivity index (χ1v) is 7.16. The number of carbonyl (C=O) groups is 1. The maximum absolute atomic E-state index is 11.6. The van der Waals surface area contributed by atoms with Crippen LogP contribution >= 0.6 is 15.9 Å². The first kappa shape index (κ1) is 14.5. The molecule has 0 aliphatic carbocycles. The van der Waals surface area contributed by atoms with E-state index in [1.165, 1.54) is 5.56 Å². The third kappa shape index (κ3) is 4.06. The predicted molar refractivity (Wildman–Crippen MR) is 81.9 cm³/mol. The number of nitrogens with zero attached hydrogens (tertiary/aromatic N) is 1. The molecule has 1 N–H and O–H groups in total. The molecule has 4 nitrogen and oxygen atoms in total. The Labute approximate surface area is 126 Å². The molecule has 0 saturated carbocycles. The molecular weight excluding hydrogens is 320 g/mol. The van der Waals surface area contributed by atoms with Gasteiger partial charge in [0, 0.05) is 0 Å². The number of nitrogens with one attached hydrogen (secondary N) is 1. The minimum absolute atomic E-state index is 0.215. The second kappa shape index (κ2) is 7.05. The van der Waals surface area contributed by atoms with E-state index < -0.39 is 0 Å². The molecule has 0 aliphatic heterocycles. The fourth-order valence-electron chi connectivity index (χ4n) is 1.72. The number of aryl methyl sites for hydroxylation is 1. The first-order chi connectivity index (χ1) is 9.69. The number of hydrogen-bond acceptors (Lipinski definition) is 3. The molecule has 0 spiro atoms. The van der Waals surface area contributed by atoms with Crippen molar-refractivity contribution in [3.63, 3.8) is 0 Å². The highest BCUT2D eigenvalue weighted by atomic mass is 79.9. The van der Waals surface area contributed by atoms with Crippen LogP contribution in [0, 0.1) is 0 Å². The summed E-state index contributed by atoms with van der Waals surface area (Å²) in [5.41, 5.74) is 4.65. The fraction of sp³-hybridized carbons (Fsp3) is 0.200. The number of carbonyl (C=O) groups excluding carboxylic acids is 1. The molecule has 20 heavy (non-hydrogen) atoms. The normalized spacial score (nSPS) is 10.9. The maximum Gasteiger partial charge on any atom is 0.307 e. The molecule has 0 radical (unpaired) electrons. The van der Waals surface area contributed by atoms with E-state index in [0.29, 0.717) is 4.67 Å². The third-order valence-electron chi connectivity index (χ3n) is 2.70. The van der Waals surface area contributed by atoms with Gasteiger partial charge in [-0.05, 0) is 45.6 Å². The zero-order valence-electron chi connectivity index (χ0n) is 11.1. The Morgan fingerprint density at radius 1 is 1.30 bits per heavy atom.